The number of nitrogens with zero attached hydrogens (tertiary/aromatic N) is 4. The largest absolute Gasteiger partial charge is 0.399 e. The van der Waals surface area contributed by atoms with E-state index < -0.39 is 5.82 Å². The summed E-state index contributed by atoms with van der Waals surface area (Å²) in [5, 5.41) is 11.5. The van der Waals surface area contributed by atoms with Crippen LogP contribution in [0.5, 0.6) is 0 Å². The van der Waals surface area contributed by atoms with Gasteiger partial charge in [0.25, 0.3) is 0 Å². The van der Waals surface area contributed by atoms with Crippen molar-refractivity contribution < 1.29 is 4.39 Å². The molecule has 5 nitrogen and oxygen atoms in total. The fourth-order valence-electron chi connectivity index (χ4n) is 1.63. The van der Waals surface area contributed by atoms with Crippen molar-refractivity contribution in [1.29, 1.82) is 0 Å². The lowest BCUT2D eigenvalue weighted by Gasteiger charge is -2.23. The Morgan fingerprint density at radius 1 is 1.39 bits per heavy atom. The molecule has 0 aliphatic carbocycles. The zero-order valence-electron chi connectivity index (χ0n) is 10.7. The molecule has 0 saturated heterocycles. The maximum Gasteiger partial charge on any atom is 0.185 e. The van der Waals surface area contributed by atoms with Crippen LogP contribution in [0, 0.1) is 5.82 Å². The first kappa shape index (κ1) is 12.5. The van der Waals surface area contributed by atoms with Crippen LogP contribution in [-0.4, -0.2) is 20.2 Å². The third kappa shape index (κ3) is 2.05. The van der Waals surface area contributed by atoms with Gasteiger partial charge in [0.2, 0.25) is 0 Å². The van der Waals surface area contributed by atoms with Crippen LogP contribution in [0.4, 0.5) is 10.1 Å². The maximum atomic E-state index is 13.9. The molecule has 0 radical (unpaired) electrons. The highest BCUT2D eigenvalue weighted by molar-refractivity contribution is 5.59. The van der Waals surface area contributed by atoms with E-state index in [0.29, 0.717) is 17.1 Å². The standard InChI is InChI=1S/C12H16FN5/c1-4-12(2,3)18-11(15-16-17-18)9-6-5-8(14)7-10(9)13/h5-7H,4,14H2,1-3H3. The van der Waals surface area contributed by atoms with Crippen LogP contribution in [-0.2, 0) is 5.54 Å². The maximum absolute atomic E-state index is 13.9. The average molecular weight is 249 g/mol. The van der Waals surface area contributed by atoms with Gasteiger partial charge in [0.05, 0.1) is 11.1 Å². The van der Waals surface area contributed by atoms with E-state index in [9.17, 15) is 4.39 Å². The number of halogens is 1. The van der Waals surface area contributed by atoms with Crippen LogP contribution < -0.4 is 5.73 Å². The molecule has 0 spiro atoms. The van der Waals surface area contributed by atoms with Crippen molar-refractivity contribution in [1.82, 2.24) is 20.2 Å². The highest BCUT2D eigenvalue weighted by atomic mass is 19.1. The van der Waals surface area contributed by atoms with Crippen molar-refractivity contribution in [3.63, 3.8) is 0 Å². The van der Waals surface area contributed by atoms with Crippen molar-refractivity contribution in [3.8, 4) is 11.4 Å². The first-order valence-electron chi connectivity index (χ1n) is 5.80. The Morgan fingerprint density at radius 2 is 2.11 bits per heavy atom. The highest BCUT2D eigenvalue weighted by Gasteiger charge is 2.25. The van der Waals surface area contributed by atoms with E-state index in [1.807, 2.05) is 20.8 Å². The van der Waals surface area contributed by atoms with Crippen LogP contribution in [0.25, 0.3) is 11.4 Å². The molecule has 2 rings (SSSR count). The summed E-state index contributed by atoms with van der Waals surface area (Å²) < 4.78 is 15.5. The minimum absolute atomic E-state index is 0.271. The lowest BCUT2D eigenvalue weighted by molar-refractivity contribution is 0.304. The smallest absolute Gasteiger partial charge is 0.185 e. The Morgan fingerprint density at radius 3 is 2.72 bits per heavy atom. The average Bonchev–Trinajstić information content (AvgIpc) is 2.78. The van der Waals surface area contributed by atoms with Crippen molar-refractivity contribution in [2.75, 3.05) is 5.73 Å². The lowest BCUT2D eigenvalue weighted by atomic mass is 10.0. The van der Waals surface area contributed by atoms with Gasteiger partial charge >= 0.3 is 0 Å². The predicted molar refractivity (Wildman–Crippen MR) is 67.2 cm³/mol. The minimum Gasteiger partial charge on any atom is -0.399 e. The van der Waals surface area contributed by atoms with E-state index >= 15 is 0 Å². The van der Waals surface area contributed by atoms with Gasteiger partial charge in [-0.3, -0.25) is 0 Å². The van der Waals surface area contributed by atoms with Gasteiger partial charge in [0.15, 0.2) is 5.82 Å². The van der Waals surface area contributed by atoms with Crippen LogP contribution in [0.3, 0.4) is 0 Å². The van der Waals surface area contributed by atoms with E-state index in [2.05, 4.69) is 15.5 Å². The van der Waals surface area contributed by atoms with Crippen LogP contribution in [0.2, 0.25) is 0 Å². The Labute approximate surface area is 105 Å². The Balaban J connectivity index is 2.56. The molecule has 2 aromatic rings. The molecule has 0 fully saturated rings. The molecule has 6 heteroatoms. The fourth-order valence-corrected chi connectivity index (χ4v) is 1.63. The van der Waals surface area contributed by atoms with E-state index in [-0.39, 0.29) is 5.54 Å². The second kappa shape index (κ2) is 4.36. The quantitative estimate of drug-likeness (QED) is 0.847. The zero-order valence-corrected chi connectivity index (χ0v) is 10.7. The van der Waals surface area contributed by atoms with Gasteiger partial charge in [-0.25, -0.2) is 9.07 Å². The lowest BCUT2D eigenvalue weighted by Crippen LogP contribution is -2.27. The number of aromatic nitrogens is 4. The van der Waals surface area contributed by atoms with Crippen molar-refractivity contribution in [2.24, 2.45) is 0 Å². The number of benzene rings is 1. The van der Waals surface area contributed by atoms with E-state index in [4.69, 9.17) is 5.73 Å². The van der Waals surface area contributed by atoms with Gasteiger partial charge in [0.1, 0.15) is 5.82 Å². The number of anilines is 1. The van der Waals surface area contributed by atoms with Crippen LogP contribution in [0.15, 0.2) is 18.2 Å². The second-order valence-electron chi connectivity index (χ2n) is 4.82. The Bertz CT molecular complexity index is 561. The first-order chi connectivity index (χ1) is 8.45. The Hall–Kier alpha value is -1.98. The van der Waals surface area contributed by atoms with Crippen molar-refractivity contribution in [3.05, 3.63) is 24.0 Å². The number of hydrogen-bond donors (Lipinski definition) is 1. The van der Waals surface area contributed by atoms with Gasteiger partial charge in [-0.05, 0) is 48.9 Å². The number of nitrogen functional groups attached to an aromatic ring is 1. The summed E-state index contributed by atoms with van der Waals surface area (Å²) in [4.78, 5) is 0. The Kier molecular flexibility index (Phi) is 3.02. The minimum atomic E-state index is -0.419. The topological polar surface area (TPSA) is 69.6 Å². The number of nitrogens with two attached hydrogens (primary N) is 1. The van der Waals surface area contributed by atoms with Gasteiger partial charge in [0, 0.05) is 5.69 Å². The SMILES string of the molecule is CCC(C)(C)n1nnnc1-c1ccc(N)cc1F. The molecule has 1 aromatic carbocycles. The van der Waals surface area contributed by atoms with Gasteiger partial charge in [-0.2, -0.15) is 0 Å². The molecule has 96 valence electrons. The second-order valence-corrected chi connectivity index (χ2v) is 4.82. The van der Waals surface area contributed by atoms with Crippen molar-refractivity contribution in [2.45, 2.75) is 32.7 Å². The molecule has 0 bridgehead atoms. The van der Waals surface area contributed by atoms with E-state index in [1.165, 1.54) is 6.07 Å². The molecule has 0 unspecified atom stereocenters. The molecule has 0 aliphatic heterocycles. The van der Waals surface area contributed by atoms with Crippen LogP contribution in [0.1, 0.15) is 27.2 Å². The summed E-state index contributed by atoms with van der Waals surface area (Å²) in [7, 11) is 0. The van der Waals surface area contributed by atoms with Crippen LogP contribution >= 0.6 is 0 Å². The molecule has 1 heterocycles. The summed E-state index contributed by atoms with van der Waals surface area (Å²) in [5.41, 5.74) is 6.00. The molecular formula is C12H16FN5. The van der Waals surface area contributed by atoms with Gasteiger partial charge in [-0.1, -0.05) is 6.92 Å². The first-order valence-corrected chi connectivity index (χ1v) is 5.80. The van der Waals surface area contributed by atoms with E-state index in [0.717, 1.165) is 6.42 Å². The molecule has 0 saturated carbocycles. The highest BCUT2D eigenvalue weighted by Crippen LogP contribution is 2.27. The summed E-state index contributed by atoms with van der Waals surface area (Å²) in [6, 6.07) is 4.50. The third-order valence-electron chi connectivity index (χ3n) is 3.14. The molecule has 2 N–H and O–H groups in total. The predicted octanol–water partition coefficient (Wildman–Crippen LogP) is 2.21. The molecule has 18 heavy (non-hydrogen) atoms. The molecule has 0 aliphatic rings. The summed E-state index contributed by atoms with van der Waals surface area (Å²) in [6.45, 7) is 6.04. The zero-order chi connectivity index (χ0) is 13.3. The van der Waals surface area contributed by atoms with E-state index in [1.54, 1.807) is 16.8 Å². The number of tetrazole rings is 1. The number of rotatable bonds is 3. The van der Waals surface area contributed by atoms with Crippen molar-refractivity contribution >= 4 is 5.69 Å². The van der Waals surface area contributed by atoms with Gasteiger partial charge in [-0.15, -0.1) is 5.10 Å². The molecule has 1 aromatic heterocycles. The van der Waals surface area contributed by atoms with Gasteiger partial charge < -0.3 is 5.73 Å². The third-order valence-corrected chi connectivity index (χ3v) is 3.14. The normalized spacial score (nSPS) is 11.8. The number of hydrogen-bond acceptors (Lipinski definition) is 4. The fraction of sp³-hybridized carbons (Fsp3) is 0.417. The molecule has 0 atom stereocenters. The molecule has 0 amide bonds. The molecular weight excluding hydrogens is 233 g/mol. The monoisotopic (exact) mass is 249 g/mol. The summed E-state index contributed by atoms with van der Waals surface area (Å²) in [6.07, 6.45) is 0.835. The summed E-state index contributed by atoms with van der Waals surface area (Å²) >= 11 is 0. The summed E-state index contributed by atoms with van der Waals surface area (Å²) in [5.74, 6) is -0.00250.